The largest absolute Gasteiger partial charge is 0.247 e. The summed E-state index contributed by atoms with van der Waals surface area (Å²) in [6.45, 7) is 8.79. The fourth-order valence-corrected chi connectivity index (χ4v) is 3.60. The molecule has 0 aliphatic rings. The number of fused-ring (bicyclic) bond motifs is 4. The fraction of sp³-hybridized carbons (Fsp3) is 0.190. The minimum atomic E-state index is 1.12. The van der Waals surface area contributed by atoms with Gasteiger partial charge < -0.3 is 0 Å². The number of aryl methyl sites for hydroxylation is 4. The lowest BCUT2D eigenvalue weighted by molar-refractivity contribution is 1.31. The van der Waals surface area contributed by atoms with Crippen molar-refractivity contribution in [1.82, 2.24) is 4.98 Å². The van der Waals surface area contributed by atoms with Crippen LogP contribution in [0.1, 0.15) is 22.3 Å². The Balaban J connectivity index is 2.33. The zero-order valence-corrected chi connectivity index (χ0v) is 13.5. The van der Waals surface area contributed by atoms with Crippen molar-refractivity contribution in [3.8, 4) is 0 Å². The molecule has 108 valence electrons. The van der Waals surface area contributed by atoms with Gasteiger partial charge in [0.05, 0.1) is 11.0 Å². The van der Waals surface area contributed by atoms with Crippen LogP contribution in [-0.4, -0.2) is 4.98 Å². The average Bonchev–Trinajstić information content (AvgIpc) is 2.52. The van der Waals surface area contributed by atoms with E-state index in [4.69, 9.17) is 4.98 Å². The number of aromatic nitrogens is 1. The summed E-state index contributed by atoms with van der Waals surface area (Å²) >= 11 is 0. The van der Waals surface area contributed by atoms with Crippen molar-refractivity contribution in [1.29, 1.82) is 0 Å². The van der Waals surface area contributed by atoms with E-state index in [2.05, 4.69) is 70.2 Å². The van der Waals surface area contributed by atoms with E-state index in [1.54, 1.807) is 0 Å². The third-order valence-corrected chi connectivity index (χ3v) is 4.91. The van der Waals surface area contributed by atoms with Gasteiger partial charge in [-0.2, -0.15) is 0 Å². The molecule has 0 N–H and O–H groups in total. The summed E-state index contributed by atoms with van der Waals surface area (Å²) < 4.78 is 0. The van der Waals surface area contributed by atoms with Gasteiger partial charge in [-0.25, -0.2) is 4.98 Å². The first-order chi connectivity index (χ1) is 10.6. The molecule has 0 saturated carbocycles. The van der Waals surface area contributed by atoms with E-state index in [9.17, 15) is 0 Å². The highest BCUT2D eigenvalue weighted by Gasteiger charge is 2.13. The fourth-order valence-electron chi connectivity index (χ4n) is 3.60. The van der Waals surface area contributed by atoms with Crippen molar-refractivity contribution in [3.05, 3.63) is 64.7 Å². The van der Waals surface area contributed by atoms with Crippen LogP contribution in [0.2, 0.25) is 0 Å². The summed E-state index contributed by atoms with van der Waals surface area (Å²) in [4.78, 5) is 5.07. The van der Waals surface area contributed by atoms with Crippen molar-refractivity contribution in [2.45, 2.75) is 27.7 Å². The average molecular weight is 285 g/mol. The van der Waals surface area contributed by atoms with Crippen LogP contribution >= 0.6 is 0 Å². The van der Waals surface area contributed by atoms with Gasteiger partial charge in [-0.05, 0) is 55.3 Å². The number of hydrogen-bond acceptors (Lipinski definition) is 1. The van der Waals surface area contributed by atoms with E-state index < -0.39 is 0 Å². The molecule has 0 aliphatic carbocycles. The summed E-state index contributed by atoms with van der Waals surface area (Å²) in [6, 6.07) is 15.2. The normalized spacial score (nSPS) is 11.6. The van der Waals surface area contributed by atoms with Crippen molar-refractivity contribution >= 4 is 32.6 Å². The second-order valence-electron chi connectivity index (χ2n) is 6.28. The zero-order valence-electron chi connectivity index (χ0n) is 13.5. The Bertz CT molecular complexity index is 1060. The molecule has 1 aromatic heterocycles. The van der Waals surface area contributed by atoms with Crippen LogP contribution in [0.4, 0.5) is 0 Å². The maximum absolute atomic E-state index is 5.07. The first-order valence-corrected chi connectivity index (χ1v) is 7.76. The second-order valence-corrected chi connectivity index (χ2v) is 6.28. The van der Waals surface area contributed by atoms with E-state index in [1.807, 2.05) is 0 Å². The maximum Gasteiger partial charge on any atom is 0.0790 e. The van der Waals surface area contributed by atoms with Crippen LogP contribution in [0.5, 0.6) is 0 Å². The molecule has 3 aromatic carbocycles. The molecule has 4 aromatic rings. The lowest BCUT2D eigenvalue weighted by Gasteiger charge is -2.15. The SMILES string of the molecule is Cc1cc(C)c2nc3c(ccc4ccccc43)c(C)c2c1C. The molecule has 0 fully saturated rings. The third kappa shape index (κ3) is 1.69. The van der Waals surface area contributed by atoms with Gasteiger partial charge >= 0.3 is 0 Å². The summed E-state index contributed by atoms with van der Waals surface area (Å²) in [7, 11) is 0. The molecule has 22 heavy (non-hydrogen) atoms. The van der Waals surface area contributed by atoms with E-state index in [0.717, 1.165) is 11.0 Å². The molecule has 0 radical (unpaired) electrons. The minimum Gasteiger partial charge on any atom is -0.247 e. The number of pyridine rings is 1. The summed E-state index contributed by atoms with van der Waals surface area (Å²) in [5.74, 6) is 0. The van der Waals surface area contributed by atoms with Gasteiger partial charge in [0.25, 0.3) is 0 Å². The molecule has 0 aliphatic heterocycles. The Hall–Kier alpha value is -2.41. The topological polar surface area (TPSA) is 12.9 Å². The van der Waals surface area contributed by atoms with E-state index in [0.29, 0.717) is 0 Å². The Labute approximate surface area is 130 Å². The van der Waals surface area contributed by atoms with Gasteiger partial charge in [0.1, 0.15) is 0 Å². The van der Waals surface area contributed by atoms with Crippen LogP contribution in [0.15, 0.2) is 42.5 Å². The predicted octanol–water partition coefficient (Wildman–Crippen LogP) is 5.77. The highest BCUT2D eigenvalue weighted by molar-refractivity contribution is 6.11. The lowest BCUT2D eigenvalue weighted by Crippen LogP contribution is -1.95. The molecule has 0 unspecified atom stereocenters. The van der Waals surface area contributed by atoms with Gasteiger partial charge in [0.2, 0.25) is 0 Å². The second kappa shape index (κ2) is 4.54. The number of hydrogen-bond donors (Lipinski definition) is 0. The molecule has 1 heterocycles. The quantitative estimate of drug-likeness (QED) is 0.295. The summed E-state index contributed by atoms with van der Waals surface area (Å²) in [5, 5.41) is 5.07. The van der Waals surface area contributed by atoms with E-state index >= 15 is 0 Å². The Kier molecular flexibility index (Phi) is 2.74. The smallest absolute Gasteiger partial charge is 0.0790 e. The van der Waals surface area contributed by atoms with E-state index in [-0.39, 0.29) is 0 Å². The first kappa shape index (κ1) is 13.3. The number of rotatable bonds is 0. The molecule has 0 atom stereocenters. The zero-order chi connectivity index (χ0) is 15.4. The molecule has 1 nitrogen and oxygen atoms in total. The summed E-state index contributed by atoms with van der Waals surface area (Å²) in [5.41, 5.74) is 7.56. The molecule has 0 saturated heterocycles. The number of nitrogens with zero attached hydrogens (tertiary/aromatic N) is 1. The Morgan fingerprint density at radius 2 is 1.45 bits per heavy atom. The molecule has 4 rings (SSSR count). The molecule has 0 spiro atoms. The van der Waals surface area contributed by atoms with Crippen LogP contribution in [0.3, 0.4) is 0 Å². The molecule has 1 heteroatoms. The van der Waals surface area contributed by atoms with Crippen LogP contribution in [0.25, 0.3) is 32.6 Å². The lowest BCUT2D eigenvalue weighted by atomic mass is 9.93. The Morgan fingerprint density at radius 1 is 0.682 bits per heavy atom. The van der Waals surface area contributed by atoms with Gasteiger partial charge in [-0.1, -0.05) is 42.5 Å². The number of benzene rings is 3. The van der Waals surface area contributed by atoms with Gasteiger partial charge in [-0.15, -0.1) is 0 Å². The van der Waals surface area contributed by atoms with Crippen LogP contribution in [-0.2, 0) is 0 Å². The molecule has 0 bridgehead atoms. The highest BCUT2D eigenvalue weighted by Crippen LogP contribution is 2.34. The monoisotopic (exact) mass is 285 g/mol. The Morgan fingerprint density at radius 3 is 2.27 bits per heavy atom. The van der Waals surface area contributed by atoms with Crippen molar-refractivity contribution < 1.29 is 0 Å². The van der Waals surface area contributed by atoms with Gasteiger partial charge in [0.15, 0.2) is 0 Å². The third-order valence-electron chi connectivity index (χ3n) is 4.91. The standard InChI is InChI=1S/C21H19N/c1-12-11-13(2)20-19(14(12)3)15(4)17-10-9-16-7-5-6-8-18(16)21(17)22-20/h5-11H,1-4H3. The molecular weight excluding hydrogens is 266 g/mol. The molecular formula is C21H19N. The summed E-state index contributed by atoms with van der Waals surface area (Å²) in [6.07, 6.45) is 0. The van der Waals surface area contributed by atoms with Crippen molar-refractivity contribution in [2.24, 2.45) is 0 Å². The van der Waals surface area contributed by atoms with E-state index in [1.165, 1.54) is 43.8 Å². The van der Waals surface area contributed by atoms with Gasteiger partial charge in [0, 0.05) is 16.2 Å². The first-order valence-electron chi connectivity index (χ1n) is 7.76. The predicted molar refractivity (Wildman–Crippen MR) is 95.7 cm³/mol. The molecule has 0 amide bonds. The van der Waals surface area contributed by atoms with Crippen molar-refractivity contribution in [2.75, 3.05) is 0 Å². The minimum absolute atomic E-state index is 1.12. The van der Waals surface area contributed by atoms with Gasteiger partial charge in [-0.3, -0.25) is 0 Å². The maximum atomic E-state index is 5.07. The van der Waals surface area contributed by atoms with Crippen LogP contribution in [0, 0.1) is 27.7 Å². The highest BCUT2D eigenvalue weighted by atomic mass is 14.7. The van der Waals surface area contributed by atoms with Crippen LogP contribution < -0.4 is 0 Å². The van der Waals surface area contributed by atoms with Crippen molar-refractivity contribution in [3.63, 3.8) is 0 Å².